The summed E-state index contributed by atoms with van der Waals surface area (Å²) in [7, 11) is 1.88. The average molecular weight is 372 g/mol. The van der Waals surface area contributed by atoms with Crippen LogP contribution in [0.5, 0.6) is 0 Å². The fourth-order valence-electron chi connectivity index (χ4n) is 2.75. The number of halogens is 1. The molecule has 2 heterocycles. The Morgan fingerprint density at radius 1 is 1.27 bits per heavy atom. The van der Waals surface area contributed by atoms with E-state index in [1.807, 2.05) is 32.2 Å². The van der Waals surface area contributed by atoms with Gasteiger partial charge < -0.3 is 10.2 Å². The van der Waals surface area contributed by atoms with Crippen molar-refractivity contribution in [3.05, 3.63) is 75.3 Å². The minimum absolute atomic E-state index is 0.123. The Balaban J connectivity index is 1.68. The second-order valence-electron chi connectivity index (χ2n) is 6.36. The van der Waals surface area contributed by atoms with Gasteiger partial charge in [-0.25, -0.2) is 4.98 Å². The lowest BCUT2D eigenvalue weighted by atomic mass is 10.3. The van der Waals surface area contributed by atoms with Crippen molar-refractivity contribution in [2.24, 2.45) is 0 Å². The number of amides is 1. The van der Waals surface area contributed by atoms with Crippen LogP contribution in [-0.2, 0) is 11.3 Å². The maximum Gasteiger partial charge on any atom is 0.279 e. The second-order valence-corrected chi connectivity index (χ2v) is 6.77. The Bertz CT molecular complexity index is 1020. The SMILES string of the molecule is Cc1ccc2nc(C[NH+](C)CC(=O)Nc3ccccc3Cl)cc(=O)n2c1. The highest BCUT2D eigenvalue weighted by Gasteiger charge is 2.14. The molecule has 2 aromatic heterocycles. The fraction of sp³-hybridized carbons (Fsp3) is 0.211. The number of carbonyl (C=O) groups is 1. The summed E-state index contributed by atoms with van der Waals surface area (Å²) in [6, 6.07) is 12.3. The number of aromatic nitrogens is 2. The van der Waals surface area contributed by atoms with Crippen molar-refractivity contribution in [2.45, 2.75) is 13.5 Å². The number of pyridine rings is 1. The third-order valence-electron chi connectivity index (χ3n) is 3.95. The smallest absolute Gasteiger partial charge is 0.279 e. The molecule has 6 nitrogen and oxygen atoms in total. The molecule has 0 bridgehead atoms. The molecule has 0 spiro atoms. The Hall–Kier alpha value is -2.70. The molecule has 26 heavy (non-hydrogen) atoms. The van der Waals surface area contributed by atoms with Crippen LogP contribution in [0.3, 0.4) is 0 Å². The van der Waals surface area contributed by atoms with E-state index >= 15 is 0 Å². The predicted molar refractivity (Wildman–Crippen MR) is 102 cm³/mol. The average Bonchev–Trinajstić information content (AvgIpc) is 2.57. The van der Waals surface area contributed by atoms with E-state index in [1.54, 1.807) is 24.4 Å². The lowest BCUT2D eigenvalue weighted by molar-refractivity contribution is -0.885. The summed E-state index contributed by atoms with van der Waals surface area (Å²) in [5.41, 5.74) is 2.72. The van der Waals surface area contributed by atoms with Crippen LogP contribution in [0.25, 0.3) is 5.65 Å². The number of rotatable bonds is 5. The van der Waals surface area contributed by atoms with Gasteiger partial charge >= 0.3 is 0 Å². The van der Waals surface area contributed by atoms with Crippen LogP contribution in [0.1, 0.15) is 11.3 Å². The molecule has 0 fully saturated rings. The normalized spacial score (nSPS) is 12.1. The molecule has 1 atom stereocenters. The maximum absolute atomic E-state index is 12.3. The number of nitrogens with zero attached hydrogens (tertiary/aromatic N) is 2. The van der Waals surface area contributed by atoms with Crippen molar-refractivity contribution >= 4 is 28.8 Å². The number of quaternary nitrogens is 1. The van der Waals surface area contributed by atoms with E-state index in [0.717, 1.165) is 10.5 Å². The Labute approximate surface area is 156 Å². The van der Waals surface area contributed by atoms with Gasteiger partial charge in [-0.1, -0.05) is 29.8 Å². The third-order valence-corrected chi connectivity index (χ3v) is 4.28. The number of carbonyl (C=O) groups excluding carboxylic acids is 1. The van der Waals surface area contributed by atoms with Crippen molar-refractivity contribution < 1.29 is 9.69 Å². The minimum Gasteiger partial charge on any atom is -0.325 e. The number of anilines is 1. The third kappa shape index (κ3) is 4.28. The lowest BCUT2D eigenvalue weighted by Crippen LogP contribution is -3.08. The van der Waals surface area contributed by atoms with Gasteiger partial charge in [0, 0.05) is 12.3 Å². The highest BCUT2D eigenvalue weighted by Crippen LogP contribution is 2.19. The molecule has 134 valence electrons. The van der Waals surface area contributed by atoms with E-state index in [2.05, 4.69) is 10.3 Å². The van der Waals surface area contributed by atoms with Crippen LogP contribution in [0.2, 0.25) is 5.02 Å². The molecular weight excluding hydrogens is 352 g/mol. The van der Waals surface area contributed by atoms with Gasteiger partial charge in [0.15, 0.2) is 6.54 Å². The van der Waals surface area contributed by atoms with Crippen LogP contribution in [-0.4, -0.2) is 28.9 Å². The van der Waals surface area contributed by atoms with Crippen molar-refractivity contribution in [3.8, 4) is 0 Å². The Morgan fingerprint density at radius 2 is 2.04 bits per heavy atom. The van der Waals surface area contributed by atoms with Gasteiger partial charge in [0.2, 0.25) is 0 Å². The van der Waals surface area contributed by atoms with E-state index in [-0.39, 0.29) is 18.0 Å². The quantitative estimate of drug-likeness (QED) is 0.710. The van der Waals surface area contributed by atoms with E-state index in [0.29, 0.717) is 28.6 Å². The maximum atomic E-state index is 12.3. The zero-order chi connectivity index (χ0) is 18.7. The standard InChI is InChI=1S/C19H19ClN4O2/c1-13-7-8-17-21-14(9-19(26)24(17)10-13)11-23(2)12-18(25)22-16-6-4-3-5-15(16)20/h3-10H,11-12H2,1-2H3,(H,22,25)/p+1. The monoisotopic (exact) mass is 371 g/mol. The predicted octanol–water partition coefficient (Wildman–Crippen LogP) is 1.31. The first kappa shape index (κ1) is 18.1. The fourth-order valence-corrected chi connectivity index (χ4v) is 2.93. The molecule has 0 aliphatic heterocycles. The van der Waals surface area contributed by atoms with Crippen LogP contribution in [0.15, 0.2) is 53.5 Å². The molecule has 0 radical (unpaired) electrons. The Morgan fingerprint density at radius 3 is 2.81 bits per heavy atom. The second kappa shape index (κ2) is 7.68. The number of aryl methyl sites for hydroxylation is 1. The topological polar surface area (TPSA) is 67.9 Å². The van der Waals surface area contributed by atoms with Gasteiger partial charge in [-0.2, -0.15) is 0 Å². The molecule has 7 heteroatoms. The molecule has 0 saturated carbocycles. The highest BCUT2D eigenvalue weighted by molar-refractivity contribution is 6.33. The molecule has 3 rings (SSSR count). The number of fused-ring (bicyclic) bond motifs is 1. The number of para-hydroxylation sites is 1. The van der Waals surface area contributed by atoms with Gasteiger partial charge in [-0.3, -0.25) is 14.0 Å². The van der Waals surface area contributed by atoms with Crippen molar-refractivity contribution in [3.63, 3.8) is 0 Å². The lowest BCUT2D eigenvalue weighted by Gasteiger charge is -2.14. The van der Waals surface area contributed by atoms with E-state index in [1.165, 1.54) is 10.5 Å². The number of hydrogen-bond donors (Lipinski definition) is 2. The summed E-state index contributed by atoms with van der Waals surface area (Å²) in [5, 5.41) is 3.29. The summed E-state index contributed by atoms with van der Waals surface area (Å²) in [6.45, 7) is 2.63. The number of benzene rings is 1. The summed E-state index contributed by atoms with van der Waals surface area (Å²) >= 11 is 6.05. The summed E-state index contributed by atoms with van der Waals surface area (Å²) in [5.74, 6) is -0.149. The van der Waals surface area contributed by atoms with Gasteiger partial charge in [0.25, 0.3) is 11.5 Å². The van der Waals surface area contributed by atoms with E-state index in [9.17, 15) is 9.59 Å². The van der Waals surface area contributed by atoms with E-state index in [4.69, 9.17) is 11.6 Å². The largest absolute Gasteiger partial charge is 0.325 e. The van der Waals surface area contributed by atoms with Crippen LogP contribution in [0.4, 0.5) is 5.69 Å². The molecule has 1 aromatic carbocycles. The number of hydrogen-bond acceptors (Lipinski definition) is 3. The van der Waals surface area contributed by atoms with Crippen LogP contribution in [0, 0.1) is 6.92 Å². The van der Waals surface area contributed by atoms with Gasteiger partial charge in [0.1, 0.15) is 17.9 Å². The Kier molecular flexibility index (Phi) is 5.35. The first-order valence-electron chi connectivity index (χ1n) is 8.27. The minimum atomic E-state index is -0.149. The molecule has 2 N–H and O–H groups in total. The van der Waals surface area contributed by atoms with Crippen molar-refractivity contribution in [1.82, 2.24) is 9.38 Å². The molecule has 1 unspecified atom stereocenters. The van der Waals surface area contributed by atoms with Crippen molar-refractivity contribution in [2.75, 3.05) is 18.9 Å². The zero-order valence-electron chi connectivity index (χ0n) is 14.6. The highest BCUT2D eigenvalue weighted by atomic mass is 35.5. The molecule has 0 aliphatic rings. The van der Waals surface area contributed by atoms with Crippen LogP contribution >= 0.6 is 11.6 Å². The summed E-state index contributed by atoms with van der Waals surface area (Å²) < 4.78 is 1.53. The molecular formula is C19H20ClN4O2+. The summed E-state index contributed by atoms with van der Waals surface area (Å²) in [4.78, 5) is 29.9. The first-order valence-corrected chi connectivity index (χ1v) is 8.65. The molecule has 1 amide bonds. The summed E-state index contributed by atoms with van der Waals surface area (Å²) in [6.07, 6.45) is 1.77. The van der Waals surface area contributed by atoms with E-state index < -0.39 is 0 Å². The molecule has 0 saturated heterocycles. The molecule has 3 aromatic rings. The van der Waals surface area contributed by atoms with Gasteiger partial charge in [0.05, 0.1) is 17.8 Å². The first-order chi connectivity index (χ1) is 12.4. The van der Waals surface area contributed by atoms with Crippen molar-refractivity contribution in [1.29, 1.82) is 0 Å². The molecule has 0 aliphatic carbocycles. The van der Waals surface area contributed by atoms with Gasteiger partial charge in [-0.05, 0) is 30.7 Å². The number of likely N-dealkylation sites (N-methyl/N-ethyl adjacent to an activating group) is 1. The van der Waals surface area contributed by atoms with Crippen LogP contribution < -0.4 is 15.8 Å². The zero-order valence-corrected chi connectivity index (χ0v) is 15.4. The number of nitrogens with one attached hydrogen (secondary N) is 2. The van der Waals surface area contributed by atoms with Gasteiger partial charge in [-0.15, -0.1) is 0 Å².